The Kier molecular flexibility index (Phi) is 3.74. The second-order valence-electron chi connectivity index (χ2n) is 5.05. The molecule has 2 heterocycles. The van der Waals surface area contributed by atoms with Gasteiger partial charge in [-0.3, -0.25) is 0 Å². The van der Waals surface area contributed by atoms with Gasteiger partial charge in [0, 0.05) is 24.7 Å². The van der Waals surface area contributed by atoms with E-state index in [1.54, 1.807) is 0 Å². The van der Waals surface area contributed by atoms with Gasteiger partial charge in [0.1, 0.15) is 5.75 Å². The molecule has 0 spiro atoms. The molecule has 3 nitrogen and oxygen atoms in total. The van der Waals surface area contributed by atoms with Crippen LogP contribution in [0, 0.1) is 0 Å². The van der Waals surface area contributed by atoms with E-state index in [2.05, 4.69) is 29.0 Å². The van der Waals surface area contributed by atoms with E-state index in [1.165, 1.54) is 23.7 Å². The molecule has 1 unspecified atom stereocenters. The standard InChI is InChI=1S/C16H21NO2/c1-2-18-16-7-3-6-15-14(16)9-11-17(15)10-8-13-5-4-12-19-13/h3,6-7,9,11,13H,2,4-5,8,10,12H2,1H3. The average molecular weight is 259 g/mol. The molecule has 1 aromatic carbocycles. The Morgan fingerprint density at radius 2 is 2.32 bits per heavy atom. The number of fused-ring (bicyclic) bond motifs is 1. The highest BCUT2D eigenvalue weighted by molar-refractivity contribution is 5.86. The molecule has 1 fully saturated rings. The van der Waals surface area contributed by atoms with Crippen LogP contribution in [-0.4, -0.2) is 23.9 Å². The van der Waals surface area contributed by atoms with E-state index in [0.29, 0.717) is 12.7 Å². The van der Waals surface area contributed by atoms with E-state index in [1.807, 2.05) is 13.0 Å². The van der Waals surface area contributed by atoms with E-state index in [9.17, 15) is 0 Å². The quantitative estimate of drug-likeness (QED) is 0.819. The van der Waals surface area contributed by atoms with Crippen LogP contribution in [0.15, 0.2) is 30.5 Å². The predicted octanol–water partition coefficient (Wildman–Crippen LogP) is 3.61. The molecule has 1 saturated heterocycles. The summed E-state index contributed by atoms with van der Waals surface area (Å²) in [4.78, 5) is 0. The molecule has 19 heavy (non-hydrogen) atoms. The van der Waals surface area contributed by atoms with Gasteiger partial charge in [0.05, 0.1) is 18.2 Å². The SMILES string of the molecule is CCOc1cccc2c1ccn2CCC1CCCO1. The molecular formula is C16H21NO2. The zero-order chi connectivity index (χ0) is 13.1. The molecule has 1 aromatic heterocycles. The van der Waals surface area contributed by atoms with E-state index < -0.39 is 0 Å². The van der Waals surface area contributed by atoms with Crippen LogP contribution in [0.4, 0.5) is 0 Å². The second-order valence-corrected chi connectivity index (χ2v) is 5.05. The number of aromatic nitrogens is 1. The number of hydrogen-bond acceptors (Lipinski definition) is 2. The highest BCUT2D eigenvalue weighted by atomic mass is 16.5. The van der Waals surface area contributed by atoms with Gasteiger partial charge in [0.2, 0.25) is 0 Å². The van der Waals surface area contributed by atoms with Crippen LogP contribution in [0.5, 0.6) is 5.75 Å². The fourth-order valence-corrected chi connectivity index (χ4v) is 2.83. The van der Waals surface area contributed by atoms with Gasteiger partial charge in [-0.1, -0.05) is 6.07 Å². The van der Waals surface area contributed by atoms with Gasteiger partial charge < -0.3 is 14.0 Å². The number of ether oxygens (including phenoxy) is 2. The van der Waals surface area contributed by atoms with Gasteiger partial charge >= 0.3 is 0 Å². The van der Waals surface area contributed by atoms with Crippen LogP contribution >= 0.6 is 0 Å². The molecule has 0 bridgehead atoms. The van der Waals surface area contributed by atoms with Crippen LogP contribution in [0.1, 0.15) is 26.2 Å². The molecule has 0 amide bonds. The van der Waals surface area contributed by atoms with Crippen molar-refractivity contribution in [1.29, 1.82) is 0 Å². The van der Waals surface area contributed by atoms with Crippen molar-refractivity contribution in [2.45, 2.75) is 38.8 Å². The zero-order valence-electron chi connectivity index (χ0n) is 11.5. The smallest absolute Gasteiger partial charge is 0.128 e. The minimum Gasteiger partial charge on any atom is -0.493 e. The first-order valence-corrected chi connectivity index (χ1v) is 7.20. The minimum atomic E-state index is 0.451. The molecule has 3 heteroatoms. The molecule has 1 aliphatic heterocycles. The third-order valence-electron chi connectivity index (χ3n) is 3.79. The molecule has 3 rings (SSSR count). The van der Waals surface area contributed by atoms with Crippen LogP contribution in [-0.2, 0) is 11.3 Å². The third kappa shape index (κ3) is 2.61. The van der Waals surface area contributed by atoms with Crippen molar-refractivity contribution in [3.63, 3.8) is 0 Å². The maximum Gasteiger partial charge on any atom is 0.128 e. The summed E-state index contributed by atoms with van der Waals surface area (Å²) >= 11 is 0. The van der Waals surface area contributed by atoms with Crippen molar-refractivity contribution in [3.8, 4) is 5.75 Å². The van der Waals surface area contributed by atoms with Gasteiger partial charge in [-0.05, 0) is 44.4 Å². The van der Waals surface area contributed by atoms with Gasteiger partial charge in [-0.25, -0.2) is 0 Å². The summed E-state index contributed by atoms with van der Waals surface area (Å²) in [5.41, 5.74) is 1.25. The number of nitrogens with zero attached hydrogens (tertiary/aromatic N) is 1. The molecule has 2 aromatic rings. The Bertz CT molecular complexity index is 541. The normalized spacial score (nSPS) is 19.1. The third-order valence-corrected chi connectivity index (χ3v) is 3.79. The summed E-state index contributed by atoms with van der Waals surface area (Å²) in [5, 5.41) is 1.21. The molecule has 1 atom stereocenters. The summed E-state index contributed by atoms with van der Waals surface area (Å²) in [7, 11) is 0. The van der Waals surface area contributed by atoms with Crippen molar-refractivity contribution in [1.82, 2.24) is 4.57 Å². The first kappa shape index (κ1) is 12.5. The Balaban J connectivity index is 1.78. The van der Waals surface area contributed by atoms with E-state index >= 15 is 0 Å². The molecule has 0 aliphatic carbocycles. The first-order valence-electron chi connectivity index (χ1n) is 7.20. The summed E-state index contributed by atoms with van der Waals surface area (Å²) in [6, 6.07) is 8.41. The highest BCUT2D eigenvalue weighted by Gasteiger charge is 2.15. The highest BCUT2D eigenvalue weighted by Crippen LogP contribution is 2.27. The number of rotatable bonds is 5. The lowest BCUT2D eigenvalue weighted by atomic mass is 10.2. The predicted molar refractivity (Wildman–Crippen MR) is 76.7 cm³/mol. The second kappa shape index (κ2) is 5.66. The summed E-state index contributed by atoms with van der Waals surface area (Å²) in [5.74, 6) is 0.982. The fourth-order valence-electron chi connectivity index (χ4n) is 2.83. The van der Waals surface area contributed by atoms with Crippen LogP contribution in [0.3, 0.4) is 0 Å². The van der Waals surface area contributed by atoms with Crippen LogP contribution in [0.25, 0.3) is 10.9 Å². The topological polar surface area (TPSA) is 23.4 Å². The maximum absolute atomic E-state index is 5.69. The maximum atomic E-state index is 5.69. The monoisotopic (exact) mass is 259 g/mol. The Labute approximate surface area is 114 Å². The lowest BCUT2D eigenvalue weighted by Gasteiger charge is -2.11. The van der Waals surface area contributed by atoms with E-state index in [0.717, 1.165) is 25.3 Å². The van der Waals surface area contributed by atoms with Crippen molar-refractivity contribution < 1.29 is 9.47 Å². The molecular weight excluding hydrogens is 238 g/mol. The van der Waals surface area contributed by atoms with Crippen molar-refractivity contribution in [2.24, 2.45) is 0 Å². The van der Waals surface area contributed by atoms with Gasteiger partial charge in [-0.15, -0.1) is 0 Å². The molecule has 0 radical (unpaired) electrons. The van der Waals surface area contributed by atoms with Gasteiger partial charge in [0.15, 0.2) is 0 Å². The van der Waals surface area contributed by atoms with Crippen LogP contribution in [0.2, 0.25) is 0 Å². The Morgan fingerprint density at radius 3 is 3.11 bits per heavy atom. The molecule has 1 aliphatic rings. The largest absolute Gasteiger partial charge is 0.493 e. The fraction of sp³-hybridized carbons (Fsp3) is 0.500. The van der Waals surface area contributed by atoms with Crippen molar-refractivity contribution in [3.05, 3.63) is 30.5 Å². The number of aryl methyl sites for hydroxylation is 1. The van der Waals surface area contributed by atoms with Crippen LogP contribution < -0.4 is 4.74 Å². The number of benzene rings is 1. The summed E-state index contributed by atoms with van der Waals surface area (Å²) in [6.45, 7) is 4.68. The first-order chi connectivity index (χ1) is 9.38. The average Bonchev–Trinajstić information content (AvgIpc) is 3.06. The summed E-state index contributed by atoms with van der Waals surface area (Å²) in [6.07, 6.45) is 6.13. The van der Waals surface area contributed by atoms with Crippen molar-refractivity contribution >= 4 is 10.9 Å². The summed E-state index contributed by atoms with van der Waals surface area (Å²) < 4.78 is 13.7. The lowest BCUT2D eigenvalue weighted by molar-refractivity contribution is 0.101. The van der Waals surface area contributed by atoms with Gasteiger partial charge in [-0.2, -0.15) is 0 Å². The molecule has 102 valence electrons. The minimum absolute atomic E-state index is 0.451. The number of hydrogen-bond donors (Lipinski definition) is 0. The lowest BCUT2D eigenvalue weighted by Crippen LogP contribution is -2.09. The van der Waals surface area contributed by atoms with Crippen molar-refractivity contribution in [2.75, 3.05) is 13.2 Å². The Morgan fingerprint density at radius 1 is 1.37 bits per heavy atom. The molecule has 0 N–H and O–H groups in total. The zero-order valence-corrected chi connectivity index (χ0v) is 11.5. The van der Waals surface area contributed by atoms with E-state index in [4.69, 9.17) is 9.47 Å². The van der Waals surface area contributed by atoms with E-state index in [-0.39, 0.29) is 0 Å². The van der Waals surface area contributed by atoms with Gasteiger partial charge in [0.25, 0.3) is 0 Å². The Hall–Kier alpha value is -1.48. The molecule has 0 saturated carbocycles.